The van der Waals surface area contributed by atoms with E-state index in [1.165, 1.54) is 48.9 Å². The lowest BCUT2D eigenvalue weighted by Gasteiger charge is -2.27. The van der Waals surface area contributed by atoms with Gasteiger partial charge in [-0.2, -0.15) is 0 Å². The van der Waals surface area contributed by atoms with E-state index in [9.17, 15) is 0 Å². The number of piperidine rings is 1. The van der Waals surface area contributed by atoms with Gasteiger partial charge in [-0.25, -0.2) is 0 Å². The summed E-state index contributed by atoms with van der Waals surface area (Å²) >= 11 is 0. The summed E-state index contributed by atoms with van der Waals surface area (Å²) in [5.74, 6) is 0.868. The summed E-state index contributed by atoms with van der Waals surface area (Å²) in [5.41, 5.74) is 4.32. The maximum absolute atomic E-state index is 3.67. The highest BCUT2D eigenvalue weighted by Gasteiger charge is 2.16. The maximum atomic E-state index is 3.67. The molecule has 1 heteroatoms. The lowest BCUT2D eigenvalue weighted by Crippen LogP contribution is -2.38. The number of nitrogens with one attached hydrogen (secondary N) is 1. The second kappa shape index (κ2) is 5.68. The Balaban J connectivity index is 1.83. The second-order valence-electron chi connectivity index (χ2n) is 5.74. The molecule has 94 valence electrons. The maximum Gasteiger partial charge on any atom is 0.00704 e. The molecule has 1 aromatic rings. The van der Waals surface area contributed by atoms with E-state index in [1.807, 2.05) is 0 Å². The Bertz CT molecular complexity index is 362. The van der Waals surface area contributed by atoms with Gasteiger partial charge in [-0.05, 0) is 68.7 Å². The van der Waals surface area contributed by atoms with Crippen LogP contribution in [-0.2, 0) is 6.42 Å². The van der Waals surface area contributed by atoms with Crippen LogP contribution in [0.25, 0.3) is 0 Å². The molecule has 1 aromatic carbocycles. The van der Waals surface area contributed by atoms with Gasteiger partial charge in [-0.1, -0.05) is 25.1 Å². The lowest BCUT2D eigenvalue weighted by molar-refractivity contribution is 0.316. The minimum absolute atomic E-state index is 0.743. The topological polar surface area (TPSA) is 12.0 Å². The minimum atomic E-state index is 0.743. The molecular weight excluding hydrogens is 206 g/mol. The van der Waals surface area contributed by atoms with E-state index in [2.05, 4.69) is 44.3 Å². The standard InChI is InChI=1S/C16H25N/c1-12-4-8-16(17-11-12)9-7-15-6-5-13(2)14(3)10-15/h5-6,10,12,16-17H,4,7-9,11H2,1-3H3. The quantitative estimate of drug-likeness (QED) is 0.837. The van der Waals surface area contributed by atoms with Gasteiger partial charge in [0.1, 0.15) is 0 Å². The van der Waals surface area contributed by atoms with E-state index in [0.29, 0.717) is 0 Å². The van der Waals surface area contributed by atoms with Crippen LogP contribution in [0.1, 0.15) is 42.9 Å². The van der Waals surface area contributed by atoms with Crippen LogP contribution in [0.3, 0.4) is 0 Å². The van der Waals surface area contributed by atoms with E-state index in [0.717, 1.165) is 12.0 Å². The minimum Gasteiger partial charge on any atom is -0.314 e. The third-order valence-electron chi connectivity index (χ3n) is 4.12. The van der Waals surface area contributed by atoms with Crippen molar-refractivity contribution in [3.63, 3.8) is 0 Å². The second-order valence-corrected chi connectivity index (χ2v) is 5.74. The predicted molar refractivity (Wildman–Crippen MR) is 74.4 cm³/mol. The van der Waals surface area contributed by atoms with Crippen LogP contribution >= 0.6 is 0 Å². The summed E-state index contributed by atoms with van der Waals surface area (Å²) in [5, 5.41) is 3.67. The Labute approximate surface area is 106 Å². The number of rotatable bonds is 3. The van der Waals surface area contributed by atoms with E-state index in [1.54, 1.807) is 0 Å². The summed E-state index contributed by atoms with van der Waals surface area (Å²) in [6.45, 7) is 7.94. The Morgan fingerprint density at radius 1 is 1.18 bits per heavy atom. The molecule has 2 atom stereocenters. The molecule has 1 nitrogen and oxygen atoms in total. The summed E-state index contributed by atoms with van der Waals surface area (Å²) in [6.07, 6.45) is 5.25. The highest BCUT2D eigenvalue weighted by molar-refractivity contribution is 5.29. The van der Waals surface area contributed by atoms with E-state index in [-0.39, 0.29) is 0 Å². The summed E-state index contributed by atoms with van der Waals surface area (Å²) in [4.78, 5) is 0. The first-order chi connectivity index (χ1) is 8.15. The molecule has 0 aromatic heterocycles. The number of hydrogen-bond donors (Lipinski definition) is 1. The average Bonchev–Trinajstić information content (AvgIpc) is 2.33. The van der Waals surface area contributed by atoms with E-state index >= 15 is 0 Å². The van der Waals surface area contributed by atoms with Gasteiger partial charge in [0.2, 0.25) is 0 Å². The van der Waals surface area contributed by atoms with Gasteiger partial charge in [0, 0.05) is 6.04 Å². The fourth-order valence-corrected chi connectivity index (χ4v) is 2.60. The molecule has 1 N–H and O–H groups in total. The zero-order valence-corrected chi connectivity index (χ0v) is 11.4. The van der Waals surface area contributed by atoms with Crippen LogP contribution < -0.4 is 5.32 Å². The van der Waals surface area contributed by atoms with Gasteiger partial charge in [0.25, 0.3) is 0 Å². The zero-order chi connectivity index (χ0) is 12.3. The van der Waals surface area contributed by atoms with Crippen molar-refractivity contribution >= 4 is 0 Å². The van der Waals surface area contributed by atoms with Crippen LogP contribution in [0.4, 0.5) is 0 Å². The summed E-state index contributed by atoms with van der Waals surface area (Å²) in [6, 6.07) is 7.63. The normalized spacial score (nSPS) is 24.9. The average molecular weight is 231 g/mol. The highest BCUT2D eigenvalue weighted by Crippen LogP contribution is 2.18. The third-order valence-corrected chi connectivity index (χ3v) is 4.12. The first-order valence-electron chi connectivity index (χ1n) is 6.94. The molecule has 2 rings (SSSR count). The largest absolute Gasteiger partial charge is 0.314 e. The molecule has 1 heterocycles. The molecule has 0 aliphatic carbocycles. The fraction of sp³-hybridized carbons (Fsp3) is 0.625. The molecule has 0 bridgehead atoms. The molecule has 0 amide bonds. The first kappa shape index (κ1) is 12.6. The lowest BCUT2D eigenvalue weighted by atomic mass is 9.92. The molecule has 0 spiro atoms. The molecule has 0 radical (unpaired) electrons. The predicted octanol–water partition coefficient (Wildman–Crippen LogP) is 3.62. The molecule has 1 aliphatic rings. The van der Waals surface area contributed by atoms with Gasteiger partial charge in [0.15, 0.2) is 0 Å². The zero-order valence-electron chi connectivity index (χ0n) is 11.4. The van der Waals surface area contributed by atoms with Crippen LogP contribution in [0.15, 0.2) is 18.2 Å². The smallest absolute Gasteiger partial charge is 0.00704 e. The molecule has 1 aliphatic heterocycles. The van der Waals surface area contributed by atoms with Gasteiger partial charge >= 0.3 is 0 Å². The molecule has 1 saturated heterocycles. The molecular formula is C16H25N. The van der Waals surface area contributed by atoms with Gasteiger partial charge in [0.05, 0.1) is 0 Å². The highest BCUT2D eigenvalue weighted by atomic mass is 14.9. The molecule has 2 unspecified atom stereocenters. The van der Waals surface area contributed by atoms with E-state index < -0.39 is 0 Å². The Morgan fingerprint density at radius 3 is 2.65 bits per heavy atom. The van der Waals surface area contributed by atoms with Crippen molar-refractivity contribution in [2.45, 2.75) is 52.5 Å². The number of hydrogen-bond acceptors (Lipinski definition) is 1. The Kier molecular flexibility index (Phi) is 4.22. The van der Waals surface area contributed by atoms with Gasteiger partial charge < -0.3 is 5.32 Å². The van der Waals surface area contributed by atoms with Crippen LogP contribution in [0, 0.1) is 19.8 Å². The third kappa shape index (κ3) is 3.57. The molecule has 17 heavy (non-hydrogen) atoms. The summed E-state index contributed by atoms with van der Waals surface area (Å²) < 4.78 is 0. The Morgan fingerprint density at radius 2 is 2.00 bits per heavy atom. The molecule has 0 saturated carbocycles. The Hall–Kier alpha value is -0.820. The van der Waals surface area contributed by atoms with Crippen molar-refractivity contribution in [1.29, 1.82) is 0 Å². The van der Waals surface area contributed by atoms with E-state index in [4.69, 9.17) is 0 Å². The van der Waals surface area contributed by atoms with Gasteiger partial charge in [-0.3, -0.25) is 0 Å². The SMILES string of the molecule is Cc1ccc(CCC2CCC(C)CN2)cc1C. The van der Waals surface area contributed by atoms with Crippen molar-refractivity contribution in [3.8, 4) is 0 Å². The first-order valence-corrected chi connectivity index (χ1v) is 6.94. The van der Waals surface area contributed by atoms with Crippen molar-refractivity contribution in [2.75, 3.05) is 6.54 Å². The monoisotopic (exact) mass is 231 g/mol. The number of benzene rings is 1. The van der Waals surface area contributed by atoms with Gasteiger partial charge in [-0.15, -0.1) is 0 Å². The van der Waals surface area contributed by atoms with Crippen molar-refractivity contribution < 1.29 is 0 Å². The molecule has 1 fully saturated rings. The number of aryl methyl sites for hydroxylation is 3. The van der Waals surface area contributed by atoms with Crippen LogP contribution in [0.2, 0.25) is 0 Å². The fourth-order valence-electron chi connectivity index (χ4n) is 2.60. The summed E-state index contributed by atoms with van der Waals surface area (Å²) in [7, 11) is 0. The van der Waals surface area contributed by atoms with Crippen molar-refractivity contribution in [2.24, 2.45) is 5.92 Å². The van der Waals surface area contributed by atoms with Crippen LogP contribution in [-0.4, -0.2) is 12.6 Å². The van der Waals surface area contributed by atoms with Crippen molar-refractivity contribution in [3.05, 3.63) is 34.9 Å². The van der Waals surface area contributed by atoms with Crippen molar-refractivity contribution in [1.82, 2.24) is 5.32 Å². The van der Waals surface area contributed by atoms with Crippen LogP contribution in [0.5, 0.6) is 0 Å².